The molecule has 1 rings (SSSR count). The van der Waals surface area contributed by atoms with Crippen LogP contribution in [-0.4, -0.2) is 6.61 Å². The van der Waals surface area contributed by atoms with E-state index in [9.17, 15) is 0 Å². The fraction of sp³-hybridized carbons (Fsp3) is 0.455. The zero-order chi connectivity index (χ0) is 10.4. The van der Waals surface area contributed by atoms with Gasteiger partial charge in [0.1, 0.15) is 5.75 Å². The number of hydrogen-bond donors (Lipinski definition) is 1. The molecule has 0 heterocycles. The van der Waals surface area contributed by atoms with E-state index >= 15 is 0 Å². The van der Waals surface area contributed by atoms with E-state index in [1.165, 1.54) is 12.8 Å². The smallest absolute Gasteiger partial charge is 0.122 e. The molecule has 0 bridgehead atoms. The van der Waals surface area contributed by atoms with Crippen molar-refractivity contribution in [1.29, 1.82) is 0 Å². The van der Waals surface area contributed by atoms with Gasteiger partial charge in [-0.25, -0.2) is 0 Å². The topological polar surface area (TPSA) is 35.2 Å². The zero-order valence-electron chi connectivity index (χ0n) is 8.83. The monoisotopic (exact) mass is 249 g/mol. The maximum atomic E-state index is 5.83. The number of hydrogen-bond acceptors (Lipinski definition) is 2. The molecular formula is C11H17Cl2NO. The number of nitrogen functional groups attached to an aromatic ring is 1. The second kappa shape index (κ2) is 7.66. The third-order valence-electron chi connectivity index (χ3n) is 1.91. The fourth-order valence-electron chi connectivity index (χ4n) is 1.21. The van der Waals surface area contributed by atoms with Crippen LogP contribution < -0.4 is 10.5 Å². The normalized spacial score (nSPS) is 9.47. The molecule has 4 heteroatoms. The van der Waals surface area contributed by atoms with Crippen LogP contribution in [0.1, 0.15) is 26.2 Å². The molecule has 0 aromatic heterocycles. The highest BCUT2D eigenvalue weighted by Crippen LogP contribution is 2.22. The molecule has 0 aliphatic rings. The van der Waals surface area contributed by atoms with Crippen LogP contribution in [0.5, 0.6) is 5.75 Å². The van der Waals surface area contributed by atoms with Crippen LogP contribution in [0.25, 0.3) is 0 Å². The molecule has 0 spiro atoms. The lowest BCUT2D eigenvalue weighted by molar-refractivity contribution is 0.306. The highest BCUT2D eigenvalue weighted by atomic mass is 35.5. The lowest BCUT2D eigenvalue weighted by Gasteiger charge is -2.06. The highest BCUT2D eigenvalue weighted by Gasteiger charge is 1.97. The molecule has 0 radical (unpaired) electrons. The minimum Gasteiger partial charge on any atom is -0.493 e. The number of halogens is 2. The largest absolute Gasteiger partial charge is 0.493 e. The van der Waals surface area contributed by atoms with E-state index in [1.54, 1.807) is 18.2 Å². The Labute approximate surface area is 102 Å². The van der Waals surface area contributed by atoms with E-state index in [0.29, 0.717) is 10.7 Å². The minimum atomic E-state index is 0. The van der Waals surface area contributed by atoms with Crippen molar-refractivity contribution in [2.45, 2.75) is 26.2 Å². The van der Waals surface area contributed by atoms with Gasteiger partial charge in [0.25, 0.3) is 0 Å². The second-order valence-electron chi connectivity index (χ2n) is 3.28. The third kappa shape index (κ3) is 5.75. The summed E-state index contributed by atoms with van der Waals surface area (Å²) >= 11 is 5.83. The van der Waals surface area contributed by atoms with Crippen molar-refractivity contribution in [1.82, 2.24) is 0 Å². The maximum absolute atomic E-state index is 5.83. The minimum absolute atomic E-state index is 0. The van der Waals surface area contributed by atoms with Crippen LogP contribution >= 0.6 is 24.0 Å². The Bertz CT molecular complexity index is 272. The van der Waals surface area contributed by atoms with Gasteiger partial charge in [0.2, 0.25) is 0 Å². The first-order valence-corrected chi connectivity index (χ1v) is 5.29. The Kier molecular flexibility index (Phi) is 7.35. The average Bonchev–Trinajstić information content (AvgIpc) is 2.11. The zero-order valence-corrected chi connectivity index (χ0v) is 10.4. The van der Waals surface area contributed by atoms with Gasteiger partial charge in [0.15, 0.2) is 0 Å². The van der Waals surface area contributed by atoms with Crippen LogP contribution in [0.4, 0.5) is 5.69 Å². The average molecular weight is 250 g/mol. The number of anilines is 1. The summed E-state index contributed by atoms with van der Waals surface area (Å²) in [4.78, 5) is 0. The van der Waals surface area contributed by atoms with Crippen LogP contribution in [0.2, 0.25) is 5.02 Å². The first-order valence-electron chi connectivity index (χ1n) is 4.91. The van der Waals surface area contributed by atoms with E-state index in [2.05, 4.69) is 6.92 Å². The van der Waals surface area contributed by atoms with E-state index in [1.807, 2.05) is 0 Å². The van der Waals surface area contributed by atoms with Crippen molar-refractivity contribution < 1.29 is 4.74 Å². The Morgan fingerprint density at radius 3 is 2.60 bits per heavy atom. The van der Waals surface area contributed by atoms with Crippen LogP contribution in [0, 0.1) is 0 Å². The lowest BCUT2D eigenvalue weighted by atomic mass is 10.2. The molecule has 0 unspecified atom stereocenters. The van der Waals surface area contributed by atoms with E-state index < -0.39 is 0 Å². The SMILES string of the molecule is CCCCCOc1cc(N)cc(Cl)c1.Cl. The predicted octanol–water partition coefficient (Wildman–Crippen LogP) is 3.91. The third-order valence-corrected chi connectivity index (χ3v) is 2.13. The Hall–Kier alpha value is -0.600. The van der Waals surface area contributed by atoms with Gasteiger partial charge in [-0.3, -0.25) is 0 Å². The molecule has 1 aromatic rings. The summed E-state index contributed by atoms with van der Waals surface area (Å²) in [6.45, 7) is 2.89. The Balaban J connectivity index is 0.00000196. The van der Waals surface area contributed by atoms with Gasteiger partial charge in [0, 0.05) is 16.8 Å². The molecule has 86 valence electrons. The van der Waals surface area contributed by atoms with Gasteiger partial charge >= 0.3 is 0 Å². The number of rotatable bonds is 5. The molecule has 0 saturated carbocycles. The molecule has 0 fully saturated rings. The van der Waals surface area contributed by atoms with Crippen molar-refractivity contribution in [3.05, 3.63) is 23.2 Å². The molecule has 15 heavy (non-hydrogen) atoms. The summed E-state index contributed by atoms with van der Waals surface area (Å²) in [5.41, 5.74) is 6.27. The molecule has 0 saturated heterocycles. The van der Waals surface area contributed by atoms with Crippen molar-refractivity contribution in [2.75, 3.05) is 12.3 Å². The Morgan fingerprint density at radius 2 is 2.00 bits per heavy atom. The standard InChI is InChI=1S/C11H16ClNO.ClH/c1-2-3-4-5-14-11-7-9(12)6-10(13)8-11;/h6-8H,2-5,13H2,1H3;1H. The molecule has 0 amide bonds. The number of ether oxygens (including phenoxy) is 1. The van der Waals surface area contributed by atoms with Gasteiger partial charge in [0.05, 0.1) is 6.61 Å². The van der Waals surface area contributed by atoms with E-state index in [4.69, 9.17) is 22.1 Å². The van der Waals surface area contributed by atoms with Gasteiger partial charge in [-0.1, -0.05) is 31.4 Å². The van der Waals surface area contributed by atoms with Crippen molar-refractivity contribution in [3.8, 4) is 5.75 Å². The van der Waals surface area contributed by atoms with Crippen molar-refractivity contribution >= 4 is 29.7 Å². The number of benzene rings is 1. The van der Waals surface area contributed by atoms with Crippen LogP contribution in [0.15, 0.2) is 18.2 Å². The van der Waals surface area contributed by atoms with Gasteiger partial charge in [-0.2, -0.15) is 0 Å². The molecule has 2 nitrogen and oxygen atoms in total. The predicted molar refractivity (Wildman–Crippen MR) is 68.1 cm³/mol. The summed E-state index contributed by atoms with van der Waals surface area (Å²) in [5, 5.41) is 0.621. The summed E-state index contributed by atoms with van der Waals surface area (Å²) in [7, 11) is 0. The summed E-state index contributed by atoms with van der Waals surface area (Å²) in [5.74, 6) is 0.756. The first kappa shape index (κ1) is 14.4. The molecule has 2 N–H and O–H groups in total. The van der Waals surface area contributed by atoms with Gasteiger partial charge < -0.3 is 10.5 Å². The second-order valence-corrected chi connectivity index (χ2v) is 3.71. The summed E-state index contributed by atoms with van der Waals surface area (Å²) in [6.07, 6.45) is 3.46. The Morgan fingerprint density at radius 1 is 1.27 bits per heavy atom. The molecule has 0 aliphatic heterocycles. The maximum Gasteiger partial charge on any atom is 0.122 e. The summed E-state index contributed by atoms with van der Waals surface area (Å²) < 4.78 is 5.51. The summed E-state index contributed by atoms with van der Waals surface area (Å²) in [6, 6.07) is 5.28. The molecule has 0 atom stereocenters. The van der Waals surface area contributed by atoms with Gasteiger partial charge in [-0.05, 0) is 18.6 Å². The van der Waals surface area contributed by atoms with Crippen LogP contribution in [-0.2, 0) is 0 Å². The van der Waals surface area contributed by atoms with Gasteiger partial charge in [-0.15, -0.1) is 12.4 Å². The van der Waals surface area contributed by atoms with E-state index in [0.717, 1.165) is 18.8 Å². The van der Waals surface area contributed by atoms with Crippen molar-refractivity contribution in [2.24, 2.45) is 0 Å². The van der Waals surface area contributed by atoms with E-state index in [-0.39, 0.29) is 12.4 Å². The molecule has 1 aromatic carbocycles. The van der Waals surface area contributed by atoms with Crippen LogP contribution in [0.3, 0.4) is 0 Å². The highest BCUT2D eigenvalue weighted by molar-refractivity contribution is 6.31. The lowest BCUT2D eigenvalue weighted by Crippen LogP contribution is -1.97. The quantitative estimate of drug-likeness (QED) is 0.635. The fourth-order valence-corrected chi connectivity index (χ4v) is 1.44. The number of unbranched alkanes of at least 4 members (excludes halogenated alkanes) is 2. The molecular weight excluding hydrogens is 233 g/mol. The first-order chi connectivity index (χ1) is 6.72. The van der Waals surface area contributed by atoms with Crippen molar-refractivity contribution in [3.63, 3.8) is 0 Å². The molecule has 0 aliphatic carbocycles. The number of nitrogens with two attached hydrogens (primary N) is 1.